The van der Waals surface area contributed by atoms with Crippen LogP contribution in [-0.4, -0.2) is 23.5 Å². The molecule has 0 radical (unpaired) electrons. The Morgan fingerprint density at radius 1 is 1.09 bits per heavy atom. The summed E-state index contributed by atoms with van der Waals surface area (Å²) in [5.41, 5.74) is 0.632. The van der Waals surface area contributed by atoms with Gasteiger partial charge in [0.15, 0.2) is 0 Å². The van der Waals surface area contributed by atoms with Gasteiger partial charge in [-0.25, -0.2) is 23.5 Å². The van der Waals surface area contributed by atoms with Gasteiger partial charge in [-0.2, -0.15) is 0 Å². The summed E-state index contributed by atoms with van der Waals surface area (Å²) in [6.45, 7) is 0. The third kappa shape index (κ3) is 2.69. The van der Waals surface area contributed by atoms with E-state index >= 15 is 0 Å². The highest BCUT2D eigenvalue weighted by Gasteiger charge is 2.14. The largest absolute Gasteiger partial charge is 0.506 e. The van der Waals surface area contributed by atoms with E-state index in [9.17, 15) is 13.5 Å². The molecule has 0 bridgehead atoms. The van der Waals surface area contributed by atoms with Gasteiger partial charge < -0.3 is 10.4 Å². The Kier molecular flexibility index (Phi) is 3.39. The number of aromatic hydroxyl groups is 1. The molecule has 0 aliphatic rings. The summed E-state index contributed by atoms with van der Waals surface area (Å²) in [5, 5.41) is 18.5. The number of sulfonamides is 1. The lowest BCUT2D eigenvalue weighted by Gasteiger charge is -2.09. The zero-order valence-electron chi connectivity index (χ0n) is 11.3. The first-order chi connectivity index (χ1) is 10.4. The summed E-state index contributed by atoms with van der Waals surface area (Å²) in [6, 6.07) is 11.1. The Morgan fingerprint density at radius 3 is 2.64 bits per heavy atom. The van der Waals surface area contributed by atoms with Crippen LogP contribution in [0.4, 0.5) is 11.6 Å². The van der Waals surface area contributed by atoms with E-state index in [0.717, 1.165) is 0 Å². The van der Waals surface area contributed by atoms with Crippen LogP contribution in [0, 0.1) is 0 Å². The molecule has 1 aromatic heterocycles. The van der Waals surface area contributed by atoms with Gasteiger partial charge in [-0.05, 0) is 18.2 Å². The van der Waals surface area contributed by atoms with Crippen LogP contribution in [0.15, 0.2) is 53.6 Å². The van der Waals surface area contributed by atoms with Gasteiger partial charge in [0, 0.05) is 11.6 Å². The van der Waals surface area contributed by atoms with Gasteiger partial charge in [-0.15, -0.1) is 0 Å². The number of aromatic nitrogens is 2. The van der Waals surface area contributed by atoms with E-state index in [4.69, 9.17) is 5.14 Å². The third-order valence-electron chi connectivity index (χ3n) is 3.03. The molecule has 0 fully saturated rings. The lowest BCUT2D eigenvalue weighted by atomic mass is 10.2. The molecule has 4 N–H and O–H groups in total. The van der Waals surface area contributed by atoms with Gasteiger partial charge in [-0.3, -0.25) is 0 Å². The van der Waals surface area contributed by atoms with Gasteiger partial charge in [-0.1, -0.05) is 24.3 Å². The Balaban J connectivity index is 2.06. The molecule has 0 saturated heterocycles. The fraction of sp³-hybridized carbons (Fsp3) is 0. The topological polar surface area (TPSA) is 118 Å². The van der Waals surface area contributed by atoms with Crippen molar-refractivity contribution < 1.29 is 13.5 Å². The average molecular weight is 316 g/mol. The van der Waals surface area contributed by atoms with Gasteiger partial charge >= 0.3 is 0 Å². The van der Waals surface area contributed by atoms with Crippen LogP contribution in [0.2, 0.25) is 0 Å². The number of hydrogen-bond acceptors (Lipinski definition) is 6. The molecular formula is C14H12N4O3S. The number of anilines is 2. The van der Waals surface area contributed by atoms with Crippen LogP contribution in [0.3, 0.4) is 0 Å². The maximum absolute atomic E-state index is 11.6. The number of hydrogen-bond donors (Lipinski definition) is 3. The predicted octanol–water partition coefficient (Wildman–Crippen LogP) is 1.73. The monoisotopic (exact) mass is 316 g/mol. The molecule has 7 nitrogen and oxygen atoms in total. The van der Waals surface area contributed by atoms with Gasteiger partial charge in [0.25, 0.3) is 0 Å². The van der Waals surface area contributed by atoms with E-state index in [-0.39, 0.29) is 22.3 Å². The van der Waals surface area contributed by atoms with E-state index in [2.05, 4.69) is 15.3 Å². The van der Waals surface area contributed by atoms with E-state index < -0.39 is 10.0 Å². The van der Waals surface area contributed by atoms with Crippen molar-refractivity contribution in [2.24, 2.45) is 5.14 Å². The van der Waals surface area contributed by atoms with Crippen molar-refractivity contribution in [2.75, 3.05) is 5.32 Å². The number of benzene rings is 2. The molecule has 3 rings (SSSR count). The van der Waals surface area contributed by atoms with E-state index in [1.54, 1.807) is 30.3 Å². The minimum absolute atomic E-state index is 0.0164. The Morgan fingerprint density at radius 2 is 1.86 bits per heavy atom. The zero-order chi connectivity index (χ0) is 15.7. The van der Waals surface area contributed by atoms with Crippen molar-refractivity contribution in [1.29, 1.82) is 0 Å². The Hall–Kier alpha value is -2.71. The van der Waals surface area contributed by atoms with Gasteiger partial charge in [0.05, 0.1) is 5.69 Å². The van der Waals surface area contributed by atoms with Gasteiger partial charge in [0.2, 0.25) is 16.0 Å². The summed E-state index contributed by atoms with van der Waals surface area (Å²) in [4.78, 5) is 8.22. The van der Waals surface area contributed by atoms with E-state index in [1.807, 2.05) is 0 Å². The molecule has 112 valence electrons. The maximum Gasteiger partial charge on any atom is 0.240 e. The molecule has 22 heavy (non-hydrogen) atoms. The van der Waals surface area contributed by atoms with Crippen molar-refractivity contribution >= 4 is 32.6 Å². The molecule has 0 spiro atoms. The second-order valence-electron chi connectivity index (χ2n) is 4.57. The normalized spacial score (nSPS) is 11.5. The van der Waals surface area contributed by atoms with Crippen molar-refractivity contribution in [3.05, 3.63) is 48.7 Å². The van der Waals surface area contributed by atoms with Crippen molar-refractivity contribution in [2.45, 2.75) is 4.90 Å². The van der Waals surface area contributed by atoms with Crippen LogP contribution >= 0.6 is 0 Å². The summed E-state index contributed by atoms with van der Waals surface area (Å²) in [5.74, 6) is 0.174. The average Bonchev–Trinajstić information content (AvgIpc) is 2.48. The molecule has 2 aromatic carbocycles. The number of phenols is 1. The van der Waals surface area contributed by atoms with Crippen LogP contribution < -0.4 is 10.5 Å². The first-order valence-corrected chi connectivity index (χ1v) is 7.83. The molecule has 0 atom stereocenters. The number of rotatable bonds is 3. The van der Waals surface area contributed by atoms with Crippen LogP contribution in [0.5, 0.6) is 5.75 Å². The minimum atomic E-state index is -3.87. The van der Waals surface area contributed by atoms with Crippen LogP contribution in [-0.2, 0) is 10.0 Å². The standard InChI is InChI=1S/C14H12N4O3S/c15-22(20,21)12-7-2-1-5-10(12)17-14-16-8-9-4-3-6-11(19)13(9)18-14/h1-8,19H,(H2,15,20,21)(H,16,17,18). The minimum Gasteiger partial charge on any atom is -0.506 e. The fourth-order valence-corrected chi connectivity index (χ4v) is 2.73. The third-order valence-corrected chi connectivity index (χ3v) is 4.00. The lowest BCUT2D eigenvalue weighted by molar-refractivity contribution is 0.480. The highest BCUT2D eigenvalue weighted by Crippen LogP contribution is 2.25. The molecule has 8 heteroatoms. The maximum atomic E-state index is 11.6. The number of nitrogens with two attached hydrogens (primary N) is 1. The van der Waals surface area contributed by atoms with Crippen molar-refractivity contribution in [1.82, 2.24) is 9.97 Å². The summed E-state index contributed by atoms with van der Waals surface area (Å²) in [7, 11) is -3.87. The zero-order valence-corrected chi connectivity index (χ0v) is 12.1. The van der Waals surface area contributed by atoms with E-state index in [1.165, 1.54) is 18.3 Å². The highest BCUT2D eigenvalue weighted by atomic mass is 32.2. The first-order valence-electron chi connectivity index (χ1n) is 6.29. The molecule has 1 heterocycles. The smallest absolute Gasteiger partial charge is 0.240 e. The van der Waals surface area contributed by atoms with Crippen molar-refractivity contribution in [3.8, 4) is 5.75 Å². The lowest BCUT2D eigenvalue weighted by Crippen LogP contribution is -2.14. The summed E-state index contributed by atoms with van der Waals surface area (Å²) in [6.07, 6.45) is 1.53. The molecular weight excluding hydrogens is 304 g/mol. The van der Waals surface area contributed by atoms with E-state index in [0.29, 0.717) is 10.9 Å². The molecule has 0 amide bonds. The number of nitrogens with one attached hydrogen (secondary N) is 1. The fourth-order valence-electron chi connectivity index (χ4n) is 2.04. The van der Waals surface area contributed by atoms with Crippen molar-refractivity contribution in [3.63, 3.8) is 0 Å². The molecule has 0 aliphatic carbocycles. The highest BCUT2D eigenvalue weighted by molar-refractivity contribution is 7.89. The molecule has 0 saturated carbocycles. The quantitative estimate of drug-likeness (QED) is 0.677. The number of phenolic OH excluding ortho intramolecular Hbond substituents is 1. The predicted molar refractivity (Wildman–Crippen MR) is 82.3 cm³/mol. The number of fused-ring (bicyclic) bond motifs is 1. The summed E-state index contributed by atoms with van der Waals surface area (Å²) >= 11 is 0. The Labute approximate surface area is 126 Å². The summed E-state index contributed by atoms with van der Waals surface area (Å²) < 4.78 is 23.1. The number of nitrogens with zero attached hydrogens (tertiary/aromatic N) is 2. The number of para-hydroxylation sites is 2. The van der Waals surface area contributed by atoms with Gasteiger partial charge in [0.1, 0.15) is 16.2 Å². The Bertz CT molecular complexity index is 957. The second-order valence-corrected chi connectivity index (χ2v) is 6.10. The molecule has 0 aliphatic heterocycles. The second kappa shape index (κ2) is 5.24. The van der Waals surface area contributed by atoms with Crippen LogP contribution in [0.25, 0.3) is 10.9 Å². The molecule has 0 unspecified atom stereocenters. The molecule has 3 aromatic rings. The SMILES string of the molecule is NS(=O)(=O)c1ccccc1Nc1ncc2cccc(O)c2n1. The number of primary sulfonamides is 1. The first kappa shape index (κ1) is 14.2. The van der Waals surface area contributed by atoms with Crippen LogP contribution in [0.1, 0.15) is 0 Å².